The van der Waals surface area contributed by atoms with Crippen LogP contribution >= 0.6 is 22.9 Å². The fraction of sp³-hybridized carbons (Fsp3) is 0.227. The first kappa shape index (κ1) is 19.7. The molecule has 29 heavy (non-hydrogen) atoms. The van der Waals surface area contributed by atoms with Gasteiger partial charge in [-0.05, 0) is 59.3 Å². The number of ether oxygens (including phenoxy) is 2. The fourth-order valence-corrected chi connectivity index (χ4v) is 4.84. The Morgan fingerprint density at radius 1 is 1.17 bits per heavy atom. The molecule has 3 aromatic rings. The van der Waals surface area contributed by atoms with Crippen LogP contribution in [0.5, 0.6) is 11.5 Å². The molecule has 0 aliphatic carbocycles. The first-order chi connectivity index (χ1) is 14.0. The van der Waals surface area contributed by atoms with Gasteiger partial charge in [0.2, 0.25) is 0 Å². The van der Waals surface area contributed by atoms with Crippen molar-refractivity contribution in [3.8, 4) is 11.5 Å². The monoisotopic (exact) mass is 431 g/mol. The highest BCUT2D eigenvalue weighted by atomic mass is 35.5. The van der Waals surface area contributed by atoms with Crippen LogP contribution in [0.3, 0.4) is 0 Å². The van der Waals surface area contributed by atoms with Crippen LogP contribution in [-0.2, 0) is 6.42 Å². The minimum atomic E-state index is -0.470. The molecular formula is C22H19ClFNO3S. The van der Waals surface area contributed by atoms with Gasteiger partial charge in [0.25, 0.3) is 5.91 Å². The van der Waals surface area contributed by atoms with Crippen molar-refractivity contribution in [1.29, 1.82) is 0 Å². The second kappa shape index (κ2) is 8.05. The Labute approximate surface area is 177 Å². The molecule has 1 aromatic heterocycles. The van der Waals surface area contributed by atoms with E-state index < -0.39 is 5.82 Å². The minimum Gasteiger partial charge on any atom is -0.493 e. The molecule has 0 saturated carbocycles. The lowest BCUT2D eigenvalue weighted by molar-refractivity contribution is 0.0697. The Bertz CT molecular complexity index is 1050. The van der Waals surface area contributed by atoms with Crippen LogP contribution < -0.4 is 9.47 Å². The van der Waals surface area contributed by atoms with Gasteiger partial charge >= 0.3 is 0 Å². The predicted molar refractivity (Wildman–Crippen MR) is 112 cm³/mol. The zero-order valence-corrected chi connectivity index (χ0v) is 17.5. The summed E-state index contributed by atoms with van der Waals surface area (Å²) in [5.74, 6) is 0.579. The van der Waals surface area contributed by atoms with Crippen LogP contribution in [0.15, 0.2) is 47.8 Å². The van der Waals surface area contributed by atoms with Crippen molar-refractivity contribution in [2.75, 3.05) is 20.8 Å². The van der Waals surface area contributed by atoms with E-state index in [1.54, 1.807) is 30.5 Å². The highest BCUT2D eigenvalue weighted by molar-refractivity contribution is 7.10. The summed E-state index contributed by atoms with van der Waals surface area (Å²) in [6.07, 6.45) is 0.669. The number of carbonyl (C=O) groups is 1. The quantitative estimate of drug-likeness (QED) is 0.559. The number of hydrogen-bond donors (Lipinski definition) is 0. The van der Waals surface area contributed by atoms with E-state index in [1.165, 1.54) is 18.2 Å². The number of fused-ring (bicyclic) bond motifs is 1. The molecule has 2 aromatic carbocycles. The van der Waals surface area contributed by atoms with E-state index in [9.17, 15) is 9.18 Å². The van der Waals surface area contributed by atoms with E-state index in [4.69, 9.17) is 21.1 Å². The number of methoxy groups -OCH3 is 2. The summed E-state index contributed by atoms with van der Waals surface area (Å²) in [5, 5.41) is 2.09. The van der Waals surface area contributed by atoms with E-state index in [0.717, 1.165) is 16.0 Å². The lowest BCUT2D eigenvalue weighted by Crippen LogP contribution is -2.40. The zero-order chi connectivity index (χ0) is 20.5. The molecule has 0 bridgehead atoms. The molecule has 1 aliphatic heterocycles. The second-order valence-corrected chi connectivity index (χ2v) is 8.08. The van der Waals surface area contributed by atoms with Gasteiger partial charge in [-0.15, -0.1) is 11.3 Å². The van der Waals surface area contributed by atoms with Crippen LogP contribution in [0, 0.1) is 5.82 Å². The SMILES string of the molecule is COc1cc2c(cc1OC)C(c1cccs1)N(C(=O)c1ccc(F)cc1Cl)CC2. The largest absolute Gasteiger partial charge is 0.493 e. The Hall–Kier alpha value is -2.57. The van der Waals surface area contributed by atoms with E-state index >= 15 is 0 Å². The normalized spacial score (nSPS) is 15.7. The Kier molecular flexibility index (Phi) is 5.48. The number of carbonyl (C=O) groups excluding carboxylic acids is 1. The number of halogens is 2. The van der Waals surface area contributed by atoms with Gasteiger partial charge < -0.3 is 14.4 Å². The van der Waals surface area contributed by atoms with Gasteiger partial charge in [0.15, 0.2) is 11.5 Å². The van der Waals surface area contributed by atoms with Gasteiger partial charge in [-0.2, -0.15) is 0 Å². The first-order valence-electron chi connectivity index (χ1n) is 9.07. The van der Waals surface area contributed by atoms with E-state index in [1.807, 2.05) is 29.6 Å². The number of nitrogens with zero attached hydrogens (tertiary/aromatic N) is 1. The molecule has 150 valence electrons. The van der Waals surface area contributed by atoms with Crippen molar-refractivity contribution in [3.05, 3.63) is 80.3 Å². The minimum absolute atomic E-state index is 0.109. The third kappa shape index (κ3) is 3.58. The van der Waals surface area contributed by atoms with Crippen molar-refractivity contribution in [2.24, 2.45) is 0 Å². The molecule has 1 amide bonds. The summed E-state index contributed by atoms with van der Waals surface area (Å²) in [6.45, 7) is 0.511. The molecule has 0 saturated heterocycles. The van der Waals surface area contributed by atoms with E-state index in [0.29, 0.717) is 30.0 Å². The molecule has 2 heterocycles. The van der Waals surface area contributed by atoms with Gasteiger partial charge in [-0.25, -0.2) is 4.39 Å². The number of amides is 1. The summed E-state index contributed by atoms with van der Waals surface area (Å²) in [4.78, 5) is 16.2. The lowest BCUT2D eigenvalue weighted by atomic mass is 9.90. The standard InChI is InChI=1S/C22H19ClFNO3S/c1-27-18-10-13-7-8-25(22(26)15-6-5-14(24)11-17(15)23)21(20-4-3-9-29-20)16(13)12-19(18)28-2/h3-6,9-12,21H,7-8H2,1-2H3. The Morgan fingerprint density at radius 2 is 1.93 bits per heavy atom. The van der Waals surface area contributed by atoms with Crippen LogP contribution in [0.1, 0.15) is 32.4 Å². The number of hydrogen-bond acceptors (Lipinski definition) is 4. The molecule has 1 aliphatic rings. The number of thiophene rings is 1. The maximum atomic E-state index is 13.5. The van der Waals surface area contributed by atoms with Gasteiger partial charge in [0, 0.05) is 11.4 Å². The summed E-state index contributed by atoms with van der Waals surface area (Å²) >= 11 is 7.76. The smallest absolute Gasteiger partial charge is 0.256 e. The zero-order valence-electron chi connectivity index (χ0n) is 15.9. The maximum absolute atomic E-state index is 13.5. The Morgan fingerprint density at radius 3 is 2.59 bits per heavy atom. The molecule has 0 fully saturated rings. The highest BCUT2D eigenvalue weighted by Gasteiger charge is 2.35. The third-order valence-corrected chi connectivity index (χ3v) is 6.35. The third-order valence-electron chi connectivity index (χ3n) is 5.11. The molecule has 4 rings (SSSR count). The average Bonchev–Trinajstić information content (AvgIpc) is 3.25. The molecule has 1 unspecified atom stereocenters. The lowest BCUT2D eigenvalue weighted by Gasteiger charge is -2.37. The van der Waals surface area contributed by atoms with Gasteiger partial charge in [0.05, 0.1) is 30.8 Å². The second-order valence-electron chi connectivity index (χ2n) is 6.70. The summed E-state index contributed by atoms with van der Waals surface area (Å²) in [7, 11) is 3.20. The Balaban J connectivity index is 1.83. The van der Waals surface area contributed by atoms with Crippen LogP contribution in [-0.4, -0.2) is 31.6 Å². The van der Waals surface area contributed by atoms with Crippen molar-refractivity contribution in [1.82, 2.24) is 4.90 Å². The van der Waals surface area contributed by atoms with Gasteiger partial charge in [-0.1, -0.05) is 17.7 Å². The summed E-state index contributed by atoms with van der Waals surface area (Å²) < 4.78 is 24.4. The van der Waals surface area contributed by atoms with E-state index in [2.05, 4.69) is 0 Å². The van der Waals surface area contributed by atoms with E-state index in [-0.39, 0.29) is 17.0 Å². The molecule has 1 atom stereocenters. The summed E-state index contributed by atoms with van der Waals surface area (Å²) in [6, 6.07) is 11.5. The van der Waals surface area contributed by atoms with Crippen molar-refractivity contribution < 1.29 is 18.7 Å². The molecule has 0 N–H and O–H groups in total. The highest BCUT2D eigenvalue weighted by Crippen LogP contribution is 2.43. The van der Waals surface area contributed by atoms with Crippen LogP contribution in [0.25, 0.3) is 0 Å². The van der Waals surface area contributed by atoms with Crippen molar-refractivity contribution in [3.63, 3.8) is 0 Å². The fourth-order valence-electron chi connectivity index (χ4n) is 3.74. The molecule has 0 spiro atoms. The average molecular weight is 432 g/mol. The molecule has 0 radical (unpaired) electrons. The summed E-state index contributed by atoms with van der Waals surface area (Å²) in [5.41, 5.74) is 2.39. The first-order valence-corrected chi connectivity index (χ1v) is 10.3. The van der Waals surface area contributed by atoms with Crippen LogP contribution in [0.4, 0.5) is 4.39 Å². The predicted octanol–water partition coefficient (Wildman–Crippen LogP) is 5.35. The number of rotatable bonds is 4. The van der Waals surface area contributed by atoms with Gasteiger partial charge in [0.1, 0.15) is 5.82 Å². The van der Waals surface area contributed by atoms with Crippen molar-refractivity contribution in [2.45, 2.75) is 12.5 Å². The molecular weight excluding hydrogens is 413 g/mol. The van der Waals surface area contributed by atoms with Gasteiger partial charge in [-0.3, -0.25) is 4.79 Å². The maximum Gasteiger partial charge on any atom is 0.256 e. The molecule has 4 nitrogen and oxygen atoms in total. The van der Waals surface area contributed by atoms with Crippen LogP contribution in [0.2, 0.25) is 5.02 Å². The number of benzene rings is 2. The molecule has 7 heteroatoms. The van der Waals surface area contributed by atoms with Crippen molar-refractivity contribution >= 4 is 28.8 Å². The topological polar surface area (TPSA) is 38.8 Å².